The van der Waals surface area contributed by atoms with Crippen LogP contribution in [0.5, 0.6) is 0 Å². The zero-order valence-corrected chi connectivity index (χ0v) is 54.5. The molecule has 0 N–H and O–H groups in total. The van der Waals surface area contributed by atoms with E-state index in [2.05, 4.69) is 320 Å². The summed E-state index contributed by atoms with van der Waals surface area (Å²) in [6.45, 7) is 0. The molecule has 11 aromatic heterocycles. The third kappa shape index (κ3) is 8.25. The second-order valence-electron chi connectivity index (χ2n) is 26.4. The molecule has 0 fully saturated rings. The molecule has 474 valence electrons. The van der Waals surface area contributed by atoms with Gasteiger partial charge in [0.1, 0.15) is 0 Å². The van der Waals surface area contributed by atoms with E-state index in [4.69, 9.17) is 9.97 Å². The van der Waals surface area contributed by atoms with Crippen LogP contribution in [0.15, 0.2) is 329 Å². The highest BCUT2D eigenvalue weighted by Gasteiger charge is 2.25. The lowest BCUT2D eigenvalue weighted by molar-refractivity contribution is 1.12. The first kappa shape index (κ1) is 56.0. The lowest BCUT2D eigenvalue weighted by Gasteiger charge is -2.17. The van der Waals surface area contributed by atoms with Gasteiger partial charge in [-0.25, -0.2) is 9.97 Å². The van der Waals surface area contributed by atoms with Crippen molar-refractivity contribution in [3.8, 4) is 68.0 Å². The summed E-state index contributed by atoms with van der Waals surface area (Å²) in [6.07, 6.45) is 15.5. The van der Waals surface area contributed by atoms with Gasteiger partial charge in [0.25, 0.3) is 0 Å². The highest BCUT2D eigenvalue weighted by atomic mass is 15.1. The number of hydrogen-bond acceptors (Lipinski definition) is 6. The largest absolute Gasteiger partial charge is 0.309 e. The van der Waals surface area contributed by atoms with Gasteiger partial charge < -0.3 is 27.4 Å². The first-order chi connectivity index (χ1) is 50.6. The molecule has 0 spiro atoms. The fraction of sp³-hybridized carbons (Fsp3) is 0. The summed E-state index contributed by atoms with van der Waals surface area (Å²) in [5.74, 6) is 0.635. The number of para-hydroxylation sites is 4. The van der Waals surface area contributed by atoms with Crippen molar-refractivity contribution in [1.82, 2.24) is 57.3 Å². The molecular formula is C90H54N12. The van der Waals surface area contributed by atoms with Gasteiger partial charge in [-0.3, -0.25) is 19.9 Å². The van der Waals surface area contributed by atoms with Crippen molar-refractivity contribution in [3.63, 3.8) is 0 Å². The number of benzene rings is 11. The predicted molar refractivity (Wildman–Crippen MR) is 416 cm³/mol. The number of fused-ring (bicyclic) bond motifs is 18. The Morgan fingerprint density at radius 1 is 0.176 bits per heavy atom. The van der Waals surface area contributed by atoms with Gasteiger partial charge in [0.2, 0.25) is 0 Å². The third-order valence-electron chi connectivity index (χ3n) is 20.9. The Hall–Kier alpha value is -14.1. The molecule has 12 heteroatoms. The van der Waals surface area contributed by atoms with Gasteiger partial charge in [-0.15, -0.1) is 0 Å². The summed E-state index contributed by atoms with van der Waals surface area (Å²) in [5, 5.41) is 13.4. The molecule has 0 atom stereocenters. The van der Waals surface area contributed by atoms with E-state index in [0.29, 0.717) is 5.82 Å². The van der Waals surface area contributed by atoms with E-state index in [1.807, 2.05) is 55.6 Å². The minimum absolute atomic E-state index is 0.635. The van der Waals surface area contributed by atoms with Gasteiger partial charge in [0.05, 0.1) is 77.6 Å². The normalized spacial score (nSPS) is 12.1. The van der Waals surface area contributed by atoms with E-state index in [9.17, 15) is 0 Å². The number of hydrogen-bond donors (Lipinski definition) is 0. The quantitative estimate of drug-likeness (QED) is 0.142. The van der Waals surface area contributed by atoms with Crippen LogP contribution in [0.4, 0.5) is 0 Å². The minimum Gasteiger partial charge on any atom is -0.309 e. The topological polar surface area (TPSA) is 107 Å². The summed E-state index contributed by atoms with van der Waals surface area (Å²) in [4.78, 5) is 29.5. The average molecular weight is 1300 g/mol. The van der Waals surface area contributed by atoms with Crippen LogP contribution in [0.1, 0.15) is 0 Å². The average Bonchev–Trinajstić information content (AvgIpc) is 1.56. The van der Waals surface area contributed by atoms with Crippen molar-refractivity contribution in [1.29, 1.82) is 0 Å². The van der Waals surface area contributed by atoms with Crippen LogP contribution in [0.3, 0.4) is 0 Å². The number of rotatable bonds is 9. The predicted octanol–water partition coefficient (Wildman–Crippen LogP) is 21.6. The summed E-state index contributed by atoms with van der Waals surface area (Å²) >= 11 is 0. The highest BCUT2D eigenvalue weighted by Crippen LogP contribution is 2.45. The molecule has 0 saturated heterocycles. The lowest BCUT2D eigenvalue weighted by atomic mass is 10.0. The molecular weight excluding hydrogens is 1250 g/mol. The van der Waals surface area contributed by atoms with Crippen LogP contribution in [0.2, 0.25) is 0 Å². The van der Waals surface area contributed by atoms with Gasteiger partial charge in [-0.2, -0.15) is 0 Å². The molecule has 0 unspecified atom stereocenters. The first-order valence-electron chi connectivity index (χ1n) is 34.3. The molecule has 22 aromatic rings. The molecule has 0 radical (unpaired) electrons. The molecule has 11 heterocycles. The Morgan fingerprint density at radius 2 is 0.451 bits per heavy atom. The molecule has 12 nitrogen and oxygen atoms in total. The van der Waals surface area contributed by atoms with Crippen LogP contribution < -0.4 is 0 Å². The number of aromatic nitrogens is 12. The van der Waals surface area contributed by atoms with Crippen molar-refractivity contribution in [2.24, 2.45) is 0 Å². The summed E-state index contributed by atoms with van der Waals surface area (Å²) in [7, 11) is 0. The van der Waals surface area contributed by atoms with E-state index >= 15 is 0 Å². The Labute approximate surface area is 581 Å². The number of pyridine rings is 4. The van der Waals surface area contributed by atoms with E-state index in [-0.39, 0.29) is 0 Å². The van der Waals surface area contributed by atoms with Crippen LogP contribution in [0.25, 0.3) is 199 Å². The lowest BCUT2D eigenvalue weighted by Crippen LogP contribution is -2.02. The van der Waals surface area contributed by atoms with Gasteiger partial charge in [-0.05, 0) is 146 Å². The number of nitrogens with zero attached hydrogens (tertiary/aromatic N) is 12. The van der Waals surface area contributed by atoms with E-state index < -0.39 is 0 Å². The fourth-order valence-corrected chi connectivity index (χ4v) is 16.6. The van der Waals surface area contributed by atoms with Crippen molar-refractivity contribution < 1.29 is 0 Å². The van der Waals surface area contributed by atoms with Gasteiger partial charge in [0.15, 0.2) is 5.82 Å². The molecule has 0 amide bonds. The maximum Gasteiger partial charge on any atom is 0.160 e. The Morgan fingerprint density at radius 3 is 0.794 bits per heavy atom. The molecule has 0 bridgehead atoms. The Balaban J connectivity index is 0.850. The minimum atomic E-state index is 0.635. The van der Waals surface area contributed by atoms with Gasteiger partial charge in [0, 0.05) is 165 Å². The Kier molecular flexibility index (Phi) is 11.9. The van der Waals surface area contributed by atoms with Crippen molar-refractivity contribution >= 4 is 131 Å². The maximum atomic E-state index is 5.59. The monoisotopic (exact) mass is 1300 g/mol. The molecule has 0 aliphatic heterocycles. The van der Waals surface area contributed by atoms with Crippen LogP contribution >= 0.6 is 0 Å². The molecule has 0 saturated carbocycles. The smallest absolute Gasteiger partial charge is 0.160 e. The van der Waals surface area contributed by atoms with Crippen molar-refractivity contribution in [2.45, 2.75) is 0 Å². The molecule has 0 aliphatic rings. The summed E-state index contributed by atoms with van der Waals surface area (Å²) in [5.41, 5.74) is 23.5. The highest BCUT2D eigenvalue weighted by molar-refractivity contribution is 6.17. The van der Waals surface area contributed by atoms with Crippen LogP contribution in [0, 0.1) is 0 Å². The molecule has 102 heavy (non-hydrogen) atoms. The summed E-state index contributed by atoms with van der Waals surface area (Å²) < 4.78 is 14.5. The zero-order chi connectivity index (χ0) is 66.7. The summed E-state index contributed by atoms with van der Waals surface area (Å²) in [6, 6.07) is 101. The van der Waals surface area contributed by atoms with Crippen LogP contribution in [-0.2, 0) is 0 Å². The molecule has 11 aromatic carbocycles. The molecule has 22 rings (SSSR count). The second kappa shape index (κ2) is 21.7. The van der Waals surface area contributed by atoms with Crippen LogP contribution in [-0.4, -0.2) is 57.3 Å². The van der Waals surface area contributed by atoms with Crippen molar-refractivity contribution in [3.05, 3.63) is 329 Å². The van der Waals surface area contributed by atoms with E-state index in [0.717, 1.165) is 193 Å². The maximum absolute atomic E-state index is 5.59. The zero-order valence-electron chi connectivity index (χ0n) is 54.5. The van der Waals surface area contributed by atoms with Crippen molar-refractivity contribution in [2.75, 3.05) is 0 Å². The third-order valence-corrected chi connectivity index (χ3v) is 20.9. The van der Waals surface area contributed by atoms with Gasteiger partial charge in [-0.1, -0.05) is 133 Å². The Bertz CT molecular complexity index is 6290. The standard InChI is InChI=1S/C90H54N12/c1-3-15-55(16-4-1)76-50-77(96-90(95-76)56-17-5-2-6-18-56)57-43-62(101-82-31-27-58(97-78-23-11-7-19-64(78)72-51-91-39-35-86(72)97)46-68(82)69-47-59(28-32-83(69)101)98-79-24-12-8-20-65(79)73-52-92-40-36-87(73)98)45-63(44-57)102-84-33-29-60(99-80-25-13-9-21-66(80)74-53-93-41-37-88(74)99)48-70(84)71-49-61(30-34-85(71)102)100-81-26-14-10-22-67(81)75-54-94-42-38-89(75)100/h1-54H. The fourth-order valence-electron chi connectivity index (χ4n) is 16.6. The first-order valence-corrected chi connectivity index (χ1v) is 34.3. The van der Waals surface area contributed by atoms with E-state index in [1.54, 1.807) is 0 Å². The SMILES string of the molecule is c1ccc(-c2cc(-c3cc(-n4c5ccc(-n6c7ccccc7c7cnccc76)cc5c5cc(-n6c7ccccc7c7cnccc76)ccc54)cc(-n4c5ccc(-n6c7ccccc7c7cnccc76)cc5c5cc(-n6c7ccccc7c7cnccc76)ccc54)c3)nc(-c3ccccc3)n2)cc1. The van der Waals surface area contributed by atoms with E-state index in [1.165, 1.54) is 0 Å². The molecule has 0 aliphatic carbocycles. The second-order valence-corrected chi connectivity index (χ2v) is 26.4. The van der Waals surface area contributed by atoms with Gasteiger partial charge >= 0.3 is 0 Å².